The highest BCUT2D eigenvalue weighted by molar-refractivity contribution is 9.09. The number of alkyl halides is 1. The van der Waals surface area contributed by atoms with Crippen molar-refractivity contribution in [2.75, 3.05) is 4.90 Å². The average Bonchev–Trinajstić information content (AvgIpc) is 3.01. The molecule has 0 N–H and O–H groups in total. The van der Waals surface area contributed by atoms with Crippen LogP contribution in [-0.4, -0.2) is 9.55 Å². The van der Waals surface area contributed by atoms with Crippen LogP contribution in [0.15, 0.2) is 41.2 Å². The number of hydrogen-bond acceptors (Lipinski definition) is 3. The van der Waals surface area contributed by atoms with Crippen LogP contribution in [0, 0.1) is 6.92 Å². The first-order chi connectivity index (χ1) is 12.0. The first-order valence-corrected chi connectivity index (χ1v) is 9.34. The maximum Gasteiger partial charge on any atom is 0.262 e. The topological polar surface area (TPSA) is 38.1 Å². The zero-order valence-corrected chi connectivity index (χ0v) is 16.2. The molecule has 128 valence electrons. The van der Waals surface area contributed by atoms with Crippen LogP contribution >= 0.6 is 15.9 Å². The van der Waals surface area contributed by atoms with Crippen LogP contribution < -0.4 is 10.5 Å². The van der Waals surface area contributed by atoms with Gasteiger partial charge in [-0.1, -0.05) is 46.3 Å². The summed E-state index contributed by atoms with van der Waals surface area (Å²) >= 11 is 3.65. The van der Waals surface area contributed by atoms with Gasteiger partial charge >= 0.3 is 0 Å². The number of rotatable bonds is 2. The minimum absolute atomic E-state index is 0.00839. The molecule has 0 spiro atoms. The summed E-state index contributed by atoms with van der Waals surface area (Å²) in [5, 5.41) is 0.685. The minimum atomic E-state index is 0.00839. The molecule has 5 heteroatoms. The van der Waals surface area contributed by atoms with Gasteiger partial charge in [0.2, 0.25) is 5.95 Å². The summed E-state index contributed by atoms with van der Waals surface area (Å²) in [6, 6.07) is 12.4. The monoisotopic (exact) mass is 397 g/mol. The van der Waals surface area contributed by atoms with Gasteiger partial charge in [0.15, 0.2) is 0 Å². The molecule has 1 unspecified atom stereocenters. The van der Waals surface area contributed by atoms with Crippen molar-refractivity contribution in [2.24, 2.45) is 7.05 Å². The highest BCUT2D eigenvalue weighted by Gasteiger charge is 2.23. The molecule has 4 rings (SSSR count). The van der Waals surface area contributed by atoms with Crippen LogP contribution in [0.3, 0.4) is 0 Å². The normalized spacial score (nSPS) is 14.8. The number of benzene rings is 2. The highest BCUT2D eigenvalue weighted by atomic mass is 79.9. The molecule has 0 saturated carbocycles. The van der Waals surface area contributed by atoms with Crippen LogP contribution in [0.2, 0.25) is 0 Å². The van der Waals surface area contributed by atoms with Crippen molar-refractivity contribution in [2.45, 2.75) is 31.8 Å². The zero-order chi connectivity index (χ0) is 17.7. The molecule has 4 nitrogen and oxygen atoms in total. The van der Waals surface area contributed by atoms with Crippen LogP contribution in [-0.2, 0) is 20.1 Å². The molecule has 3 aromatic rings. The maximum atomic E-state index is 13.0. The molecule has 0 bridgehead atoms. The number of anilines is 1. The Kier molecular flexibility index (Phi) is 3.91. The maximum absolute atomic E-state index is 13.0. The highest BCUT2D eigenvalue weighted by Crippen LogP contribution is 2.31. The lowest BCUT2D eigenvalue weighted by molar-refractivity contribution is 0.744. The van der Waals surface area contributed by atoms with Gasteiger partial charge < -0.3 is 4.90 Å². The number of halogens is 1. The molecule has 2 aromatic carbocycles. The second kappa shape index (κ2) is 5.99. The summed E-state index contributed by atoms with van der Waals surface area (Å²) in [5.41, 5.74) is 5.54. The fraction of sp³-hybridized carbons (Fsp3) is 0.300. The summed E-state index contributed by atoms with van der Waals surface area (Å²) in [6.45, 7) is 5.65. The molecule has 25 heavy (non-hydrogen) atoms. The van der Waals surface area contributed by atoms with Gasteiger partial charge in [0.25, 0.3) is 5.56 Å². The summed E-state index contributed by atoms with van der Waals surface area (Å²) < 4.78 is 1.68. The molecule has 1 aliphatic heterocycles. The lowest BCUT2D eigenvalue weighted by Crippen LogP contribution is -2.28. The minimum Gasteiger partial charge on any atom is -0.333 e. The molecule has 0 fully saturated rings. The Hall–Kier alpha value is -2.14. The van der Waals surface area contributed by atoms with Gasteiger partial charge in [-0.25, -0.2) is 4.98 Å². The summed E-state index contributed by atoms with van der Waals surface area (Å²) in [7, 11) is 1.81. The number of hydrogen-bond donors (Lipinski definition) is 0. The van der Waals surface area contributed by atoms with Crippen LogP contribution in [0.4, 0.5) is 5.95 Å². The van der Waals surface area contributed by atoms with E-state index in [0.717, 1.165) is 35.7 Å². The van der Waals surface area contributed by atoms with E-state index in [0.29, 0.717) is 5.39 Å². The first kappa shape index (κ1) is 16.3. The van der Waals surface area contributed by atoms with Gasteiger partial charge in [0.1, 0.15) is 0 Å². The third kappa shape index (κ3) is 2.67. The molecule has 0 aliphatic carbocycles. The van der Waals surface area contributed by atoms with E-state index in [9.17, 15) is 4.79 Å². The Morgan fingerprint density at radius 1 is 1.16 bits per heavy atom. The summed E-state index contributed by atoms with van der Waals surface area (Å²) in [6.07, 6.45) is 0. The SMILES string of the molecule is Cc1cc(C(C)Br)c2nc(N3Cc4ccccc4C3)n(C)c(=O)c2c1. The van der Waals surface area contributed by atoms with Gasteiger partial charge in [0.05, 0.1) is 10.9 Å². The molecule has 1 aromatic heterocycles. The van der Waals surface area contributed by atoms with E-state index in [1.165, 1.54) is 11.1 Å². The van der Waals surface area contributed by atoms with E-state index in [4.69, 9.17) is 4.98 Å². The molecule has 0 amide bonds. The molecule has 1 aliphatic rings. The van der Waals surface area contributed by atoms with E-state index in [2.05, 4.69) is 58.1 Å². The van der Waals surface area contributed by atoms with Crippen LogP contribution in [0.25, 0.3) is 10.9 Å². The van der Waals surface area contributed by atoms with Gasteiger partial charge in [-0.05, 0) is 42.2 Å². The number of aromatic nitrogens is 2. The Balaban J connectivity index is 1.92. The van der Waals surface area contributed by atoms with Crippen molar-refractivity contribution in [3.63, 3.8) is 0 Å². The predicted octanol–water partition coefficient (Wildman–Crippen LogP) is 4.22. The van der Waals surface area contributed by atoms with Crippen molar-refractivity contribution >= 4 is 32.8 Å². The number of fused-ring (bicyclic) bond motifs is 2. The number of aryl methyl sites for hydroxylation is 1. The quantitative estimate of drug-likeness (QED) is 0.607. The van der Waals surface area contributed by atoms with Gasteiger partial charge in [0, 0.05) is 25.0 Å². The molecule has 1 atom stereocenters. The summed E-state index contributed by atoms with van der Waals surface area (Å²) in [4.78, 5) is 20.2. The zero-order valence-electron chi connectivity index (χ0n) is 14.6. The van der Waals surface area contributed by atoms with Gasteiger partial charge in [-0.2, -0.15) is 0 Å². The predicted molar refractivity (Wildman–Crippen MR) is 105 cm³/mol. The van der Waals surface area contributed by atoms with E-state index in [1.807, 2.05) is 20.0 Å². The fourth-order valence-electron chi connectivity index (χ4n) is 3.60. The largest absolute Gasteiger partial charge is 0.333 e. The molecule has 0 radical (unpaired) electrons. The van der Waals surface area contributed by atoms with E-state index >= 15 is 0 Å². The third-order valence-corrected chi connectivity index (χ3v) is 5.38. The Labute approximate surface area is 155 Å². The van der Waals surface area contributed by atoms with Crippen molar-refractivity contribution in [3.05, 3.63) is 69.0 Å². The second-order valence-corrected chi connectivity index (χ2v) is 8.14. The average molecular weight is 398 g/mol. The smallest absolute Gasteiger partial charge is 0.262 e. The van der Waals surface area contributed by atoms with Gasteiger partial charge in [-0.15, -0.1) is 0 Å². The number of nitrogens with zero attached hydrogens (tertiary/aromatic N) is 3. The Bertz CT molecular complexity index is 1010. The third-order valence-electron chi connectivity index (χ3n) is 4.88. The lowest BCUT2D eigenvalue weighted by atomic mass is 10.0. The first-order valence-electron chi connectivity index (χ1n) is 8.43. The second-order valence-electron chi connectivity index (χ2n) is 6.77. The fourth-order valence-corrected chi connectivity index (χ4v) is 3.95. The molecular weight excluding hydrogens is 378 g/mol. The summed E-state index contributed by atoms with van der Waals surface area (Å²) in [5.74, 6) is 0.729. The van der Waals surface area contributed by atoms with Crippen molar-refractivity contribution in [1.29, 1.82) is 0 Å². The van der Waals surface area contributed by atoms with Crippen LogP contribution in [0.5, 0.6) is 0 Å². The lowest BCUT2D eigenvalue weighted by Gasteiger charge is -2.21. The van der Waals surface area contributed by atoms with E-state index < -0.39 is 0 Å². The standard InChI is InChI=1S/C20H20BrN3O/c1-12-8-16(13(2)21)18-17(9-12)19(25)23(3)20(22-18)24-10-14-6-4-5-7-15(14)11-24/h4-9,13H,10-11H2,1-3H3. The molecule has 2 heterocycles. The van der Waals surface area contributed by atoms with Crippen molar-refractivity contribution < 1.29 is 0 Å². The molecular formula is C20H20BrN3O. The van der Waals surface area contributed by atoms with Crippen molar-refractivity contribution in [1.82, 2.24) is 9.55 Å². The molecule has 0 saturated heterocycles. The van der Waals surface area contributed by atoms with Crippen LogP contribution in [0.1, 0.15) is 34.0 Å². The van der Waals surface area contributed by atoms with Crippen molar-refractivity contribution in [3.8, 4) is 0 Å². The Morgan fingerprint density at radius 3 is 2.40 bits per heavy atom. The van der Waals surface area contributed by atoms with E-state index in [1.54, 1.807) is 4.57 Å². The van der Waals surface area contributed by atoms with E-state index in [-0.39, 0.29) is 10.4 Å². The Morgan fingerprint density at radius 2 is 1.80 bits per heavy atom. The van der Waals surface area contributed by atoms with Gasteiger partial charge in [-0.3, -0.25) is 9.36 Å².